The molecule has 0 saturated carbocycles. The second-order valence-corrected chi connectivity index (χ2v) is 5.96. The first kappa shape index (κ1) is 16.7. The lowest BCUT2D eigenvalue weighted by atomic mass is 10.1. The van der Waals surface area contributed by atoms with E-state index in [2.05, 4.69) is 10.4 Å². The number of carbonyl (C=O) groups is 1. The van der Waals surface area contributed by atoms with Gasteiger partial charge in [0.1, 0.15) is 11.6 Å². The minimum absolute atomic E-state index is 0.0143. The van der Waals surface area contributed by atoms with Crippen LogP contribution >= 0.6 is 0 Å². The third-order valence-corrected chi connectivity index (χ3v) is 4.14. The summed E-state index contributed by atoms with van der Waals surface area (Å²) in [5.41, 5.74) is 2.42. The number of para-hydroxylation sites is 1. The van der Waals surface area contributed by atoms with Crippen molar-refractivity contribution in [3.05, 3.63) is 102 Å². The van der Waals surface area contributed by atoms with Crippen LogP contribution in [0.1, 0.15) is 10.4 Å². The maximum atomic E-state index is 14.0. The van der Waals surface area contributed by atoms with Gasteiger partial charge in [-0.15, -0.1) is 0 Å². The van der Waals surface area contributed by atoms with Gasteiger partial charge in [-0.25, -0.2) is 9.07 Å². The van der Waals surface area contributed by atoms with Gasteiger partial charge in [0.05, 0.1) is 16.9 Å². The van der Waals surface area contributed by atoms with Crippen molar-refractivity contribution < 1.29 is 9.18 Å². The van der Waals surface area contributed by atoms with Gasteiger partial charge in [0, 0.05) is 11.6 Å². The highest BCUT2D eigenvalue weighted by Crippen LogP contribution is 2.25. The SMILES string of the molecule is O=C(Nc1cc(-c2ccccc2)nn1-c1ccccc1)c1ccccc1F. The van der Waals surface area contributed by atoms with Crippen LogP contribution in [0.25, 0.3) is 16.9 Å². The largest absolute Gasteiger partial charge is 0.306 e. The summed E-state index contributed by atoms with van der Waals surface area (Å²) in [6, 6.07) is 26.8. The molecule has 132 valence electrons. The first-order valence-electron chi connectivity index (χ1n) is 8.49. The molecule has 3 aromatic carbocycles. The van der Waals surface area contributed by atoms with E-state index in [-0.39, 0.29) is 5.56 Å². The summed E-state index contributed by atoms with van der Waals surface area (Å²) in [5.74, 6) is -0.623. The van der Waals surface area contributed by atoms with Gasteiger partial charge in [-0.1, -0.05) is 60.7 Å². The Balaban J connectivity index is 1.76. The third kappa shape index (κ3) is 3.48. The van der Waals surface area contributed by atoms with Crippen LogP contribution < -0.4 is 5.32 Å². The zero-order valence-corrected chi connectivity index (χ0v) is 14.3. The Bertz CT molecular complexity index is 1080. The summed E-state index contributed by atoms with van der Waals surface area (Å²) in [5, 5.41) is 7.41. The summed E-state index contributed by atoms with van der Waals surface area (Å²) in [4.78, 5) is 12.6. The molecular formula is C22H16FN3O. The number of nitrogens with one attached hydrogen (secondary N) is 1. The molecule has 1 N–H and O–H groups in total. The third-order valence-electron chi connectivity index (χ3n) is 4.14. The molecule has 1 amide bonds. The summed E-state index contributed by atoms with van der Waals surface area (Å²) < 4.78 is 15.6. The van der Waals surface area contributed by atoms with E-state index in [0.717, 1.165) is 11.3 Å². The predicted molar refractivity (Wildman–Crippen MR) is 103 cm³/mol. The molecule has 4 aromatic rings. The quantitative estimate of drug-likeness (QED) is 0.563. The number of aromatic nitrogens is 2. The van der Waals surface area contributed by atoms with Gasteiger partial charge in [-0.05, 0) is 24.3 Å². The normalized spacial score (nSPS) is 10.6. The fourth-order valence-electron chi connectivity index (χ4n) is 2.82. The van der Waals surface area contributed by atoms with Crippen molar-refractivity contribution in [2.75, 3.05) is 5.32 Å². The van der Waals surface area contributed by atoms with E-state index in [4.69, 9.17) is 0 Å². The van der Waals surface area contributed by atoms with E-state index < -0.39 is 11.7 Å². The lowest BCUT2D eigenvalue weighted by Crippen LogP contribution is -2.16. The van der Waals surface area contributed by atoms with E-state index in [1.807, 2.05) is 60.7 Å². The van der Waals surface area contributed by atoms with Crippen molar-refractivity contribution in [3.8, 4) is 16.9 Å². The molecular weight excluding hydrogens is 341 g/mol. The Morgan fingerprint density at radius 1 is 0.852 bits per heavy atom. The predicted octanol–water partition coefficient (Wildman–Crippen LogP) is 4.93. The zero-order chi connectivity index (χ0) is 18.6. The molecule has 4 rings (SSSR count). The molecule has 0 saturated heterocycles. The molecule has 0 aliphatic heterocycles. The Hall–Kier alpha value is -3.73. The van der Waals surface area contributed by atoms with Crippen molar-refractivity contribution in [2.24, 2.45) is 0 Å². The minimum atomic E-state index is -0.566. The van der Waals surface area contributed by atoms with Crippen LogP contribution in [0.5, 0.6) is 0 Å². The van der Waals surface area contributed by atoms with Crippen LogP contribution in [0, 0.1) is 5.82 Å². The van der Waals surface area contributed by atoms with Crippen LogP contribution in [0.4, 0.5) is 10.2 Å². The molecule has 1 heterocycles. The average molecular weight is 357 g/mol. The van der Waals surface area contributed by atoms with Gasteiger partial charge in [-0.3, -0.25) is 4.79 Å². The molecule has 5 heteroatoms. The standard InChI is InChI=1S/C22H16FN3O/c23-19-14-8-7-13-18(19)22(27)24-21-15-20(16-9-3-1-4-10-16)25-26(21)17-11-5-2-6-12-17/h1-15H,(H,24,27). The molecule has 27 heavy (non-hydrogen) atoms. The van der Waals surface area contributed by atoms with Crippen LogP contribution in [-0.4, -0.2) is 15.7 Å². The van der Waals surface area contributed by atoms with Gasteiger partial charge in [0.25, 0.3) is 5.91 Å². The summed E-state index contributed by atoms with van der Waals surface area (Å²) in [7, 11) is 0. The van der Waals surface area contributed by atoms with Crippen molar-refractivity contribution >= 4 is 11.7 Å². The van der Waals surface area contributed by atoms with Crippen molar-refractivity contribution in [1.82, 2.24) is 9.78 Å². The fraction of sp³-hybridized carbons (Fsp3) is 0. The van der Waals surface area contributed by atoms with Crippen LogP contribution in [0.2, 0.25) is 0 Å². The van der Waals surface area contributed by atoms with Gasteiger partial charge in [0.2, 0.25) is 0 Å². The maximum Gasteiger partial charge on any atom is 0.259 e. The second kappa shape index (κ2) is 7.25. The molecule has 0 fully saturated rings. The summed E-state index contributed by atoms with van der Waals surface area (Å²) in [6.07, 6.45) is 0. The highest BCUT2D eigenvalue weighted by atomic mass is 19.1. The van der Waals surface area contributed by atoms with Crippen molar-refractivity contribution in [3.63, 3.8) is 0 Å². The van der Waals surface area contributed by atoms with Crippen LogP contribution in [0.3, 0.4) is 0 Å². The number of halogens is 1. The zero-order valence-electron chi connectivity index (χ0n) is 14.3. The minimum Gasteiger partial charge on any atom is -0.306 e. The first-order chi connectivity index (χ1) is 13.2. The smallest absolute Gasteiger partial charge is 0.259 e. The number of amides is 1. The van der Waals surface area contributed by atoms with Crippen molar-refractivity contribution in [2.45, 2.75) is 0 Å². The number of hydrogen-bond acceptors (Lipinski definition) is 2. The topological polar surface area (TPSA) is 46.9 Å². The molecule has 0 radical (unpaired) electrons. The molecule has 1 aromatic heterocycles. The lowest BCUT2D eigenvalue weighted by molar-refractivity contribution is 0.102. The Labute approximate surface area is 155 Å². The molecule has 0 aliphatic rings. The monoisotopic (exact) mass is 357 g/mol. The summed E-state index contributed by atoms with van der Waals surface area (Å²) in [6.45, 7) is 0. The van der Waals surface area contributed by atoms with E-state index >= 15 is 0 Å². The van der Waals surface area contributed by atoms with E-state index in [1.165, 1.54) is 12.1 Å². The highest BCUT2D eigenvalue weighted by molar-refractivity contribution is 6.04. The van der Waals surface area contributed by atoms with Crippen LogP contribution in [-0.2, 0) is 0 Å². The second-order valence-electron chi connectivity index (χ2n) is 5.96. The van der Waals surface area contributed by atoms with Crippen LogP contribution in [0.15, 0.2) is 91.0 Å². The van der Waals surface area contributed by atoms with Gasteiger partial charge in [-0.2, -0.15) is 5.10 Å². The van der Waals surface area contributed by atoms with Crippen molar-refractivity contribution in [1.29, 1.82) is 0 Å². The molecule has 0 atom stereocenters. The van der Waals surface area contributed by atoms with Gasteiger partial charge in [0.15, 0.2) is 0 Å². The Morgan fingerprint density at radius 3 is 2.19 bits per heavy atom. The van der Waals surface area contributed by atoms with Gasteiger partial charge < -0.3 is 5.32 Å². The lowest BCUT2D eigenvalue weighted by Gasteiger charge is -2.09. The van der Waals surface area contributed by atoms with E-state index in [0.29, 0.717) is 11.5 Å². The average Bonchev–Trinajstić information content (AvgIpc) is 3.13. The fourth-order valence-corrected chi connectivity index (χ4v) is 2.82. The molecule has 0 aliphatic carbocycles. The Kier molecular flexibility index (Phi) is 4.49. The number of anilines is 1. The summed E-state index contributed by atoms with van der Waals surface area (Å²) >= 11 is 0. The number of hydrogen-bond donors (Lipinski definition) is 1. The van der Waals surface area contributed by atoms with Gasteiger partial charge >= 0.3 is 0 Å². The first-order valence-corrected chi connectivity index (χ1v) is 8.49. The molecule has 0 spiro atoms. The Morgan fingerprint density at radius 2 is 1.48 bits per heavy atom. The molecule has 0 unspecified atom stereocenters. The number of benzene rings is 3. The van der Waals surface area contributed by atoms with E-state index in [9.17, 15) is 9.18 Å². The molecule has 0 bridgehead atoms. The maximum absolute atomic E-state index is 14.0. The number of nitrogens with zero attached hydrogens (tertiary/aromatic N) is 2. The number of carbonyl (C=O) groups excluding carboxylic acids is 1. The van der Waals surface area contributed by atoms with E-state index in [1.54, 1.807) is 22.9 Å². The number of rotatable bonds is 4. The highest BCUT2D eigenvalue weighted by Gasteiger charge is 2.16. The molecule has 4 nitrogen and oxygen atoms in total.